The molecule has 1 aliphatic carbocycles. The maximum Gasteiger partial charge on any atom is 0.126 e. The van der Waals surface area contributed by atoms with E-state index >= 15 is 0 Å². The van der Waals surface area contributed by atoms with E-state index in [1.165, 1.54) is 29.9 Å². The van der Waals surface area contributed by atoms with Crippen LogP contribution in [0.3, 0.4) is 0 Å². The predicted molar refractivity (Wildman–Crippen MR) is 86.9 cm³/mol. The lowest BCUT2D eigenvalue weighted by Crippen LogP contribution is -2.37. The van der Waals surface area contributed by atoms with Gasteiger partial charge in [-0.3, -0.25) is 10.00 Å². The van der Waals surface area contributed by atoms with Gasteiger partial charge >= 0.3 is 0 Å². The molecule has 0 unspecified atom stereocenters. The minimum Gasteiger partial charge on any atom is -0.381 e. The molecule has 1 saturated carbocycles. The number of imidazole rings is 1. The lowest BCUT2D eigenvalue weighted by Gasteiger charge is -2.34. The molecule has 1 atom stereocenters. The molecule has 3 heterocycles. The van der Waals surface area contributed by atoms with Crippen molar-refractivity contribution in [3.63, 3.8) is 0 Å². The smallest absolute Gasteiger partial charge is 0.126 e. The standard InChI is InChI=1S/C17H25N5O/c1-13-17-18-10-16(4-7-23-12-14-2-3-14)22(17)6-5-21(13)11-15-8-19-20-9-15/h8-10,13-14H,2-7,11-12H2,1H3,(H,19,20)/t13-/m0/s1. The van der Waals surface area contributed by atoms with Gasteiger partial charge in [-0.25, -0.2) is 4.98 Å². The van der Waals surface area contributed by atoms with E-state index in [0.29, 0.717) is 6.04 Å². The first kappa shape index (κ1) is 14.9. The fraction of sp³-hybridized carbons (Fsp3) is 0.647. The molecule has 0 saturated heterocycles. The topological polar surface area (TPSA) is 59.0 Å². The summed E-state index contributed by atoms with van der Waals surface area (Å²) in [6.07, 6.45) is 9.58. The second-order valence-corrected chi connectivity index (χ2v) is 6.78. The van der Waals surface area contributed by atoms with Crippen molar-refractivity contribution in [3.8, 4) is 0 Å². The van der Waals surface area contributed by atoms with Crippen LogP contribution in [-0.2, 0) is 24.2 Å². The van der Waals surface area contributed by atoms with Gasteiger partial charge in [0.1, 0.15) is 5.82 Å². The van der Waals surface area contributed by atoms with E-state index in [2.05, 4.69) is 31.6 Å². The number of aromatic amines is 1. The SMILES string of the molecule is C[C@H]1c2ncc(CCOCC3CC3)n2CCN1Cc1cn[nH]c1. The summed E-state index contributed by atoms with van der Waals surface area (Å²) in [6.45, 7) is 6.97. The number of rotatable bonds is 7. The van der Waals surface area contributed by atoms with Crippen LogP contribution >= 0.6 is 0 Å². The predicted octanol–water partition coefficient (Wildman–Crippen LogP) is 2.15. The monoisotopic (exact) mass is 315 g/mol. The van der Waals surface area contributed by atoms with Crippen molar-refractivity contribution < 1.29 is 4.74 Å². The number of nitrogens with zero attached hydrogens (tertiary/aromatic N) is 4. The zero-order chi connectivity index (χ0) is 15.6. The van der Waals surface area contributed by atoms with Gasteiger partial charge in [-0.2, -0.15) is 5.10 Å². The van der Waals surface area contributed by atoms with Crippen LogP contribution in [-0.4, -0.2) is 44.4 Å². The van der Waals surface area contributed by atoms with Crippen LogP contribution in [0, 0.1) is 5.92 Å². The van der Waals surface area contributed by atoms with Gasteiger partial charge in [-0.1, -0.05) is 0 Å². The molecule has 6 nitrogen and oxygen atoms in total. The highest BCUT2D eigenvalue weighted by Crippen LogP contribution is 2.29. The van der Waals surface area contributed by atoms with Crippen LogP contribution < -0.4 is 0 Å². The van der Waals surface area contributed by atoms with Gasteiger partial charge in [0.05, 0.1) is 18.8 Å². The summed E-state index contributed by atoms with van der Waals surface area (Å²) in [5, 5.41) is 6.92. The fourth-order valence-corrected chi connectivity index (χ4v) is 3.33. The second kappa shape index (κ2) is 6.45. The molecule has 0 amide bonds. The summed E-state index contributed by atoms with van der Waals surface area (Å²) < 4.78 is 8.16. The van der Waals surface area contributed by atoms with Crippen molar-refractivity contribution in [2.45, 2.75) is 45.3 Å². The van der Waals surface area contributed by atoms with Crippen molar-refractivity contribution in [3.05, 3.63) is 35.7 Å². The maximum atomic E-state index is 5.78. The first-order chi connectivity index (χ1) is 11.3. The molecule has 0 aromatic carbocycles. The molecule has 4 rings (SSSR count). The van der Waals surface area contributed by atoms with E-state index in [0.717, 1.165) is 45.2 Å². The Morgan fingerprint density at radius 2 is 2.22 bits per heavy atom. The Morgan fingerprint density at radius 3 is 3.00 bits per heavy atom. The molecular weight excluding hydrogens is 290 g/mol. The number of ether oxygens (including phenoxy) is 1. The molecule has 23 heavy (non-hydrogen) atoms. The average Bonchev–Trinajstić information content (AvgIpc) is 3.07. The Kier molecular flexibility index (Phi) is 4.18. The number of nitrogens with one attached hydrogen (secondary N) is 1. The third-order valence-corrected chi connectivity index (χ3v) is 4.99. The average molecular weight is 315 g/mol. The van der Waals surface area contributed by atoms with E-state index in [1.54, 1.807) is 0 Å². The number of hydrogen-bond acceptors (Lipinski definition) is 4. The Morgan fingerprint density at radius 1 is 1.30 bits per heavy atom. The summed E-state index contributed by atoms with van der Waals surface area (Å²) in [4.78, 5) is 7.14. The molecule has 0 radical (unpaired) electrons. The molecule has 1 fully saturated rings. The van der Waals surface area contributed by atoms with Crippen LogP contribution in [0.5, 0.6) is 0 Å². The van der Waals surface area contributed by atoms with Gasteiger partial charge in [0.2, 0.25) is 0 Å². The highest BCUT2D eigenvalue weighted by molar-refractivity contribution is 5.12. The highest BCUT2D eigenvalue weighted by atomic mass is 16.5. The summed E-state index contributed by atoms with van der Waals surface area (Å²) in [5.41, 5.74) is 2.54. The molecule has 1 aliphatic heterocycles. The molecule has 2 aromatic heterocycles. The Balaban J connectivity index is 1.36. The van der Waals surface area contributed by atoms with E-state index in [4.69, 9.17) is 4.74 Å². The number of aromatic nitrogens is 4. The largest absolute Gasteiger partial charge is 0.381 e. The third kappa shape index (κ3) is 3.33. The first-order valence-electron chi connectivity index (χ1n) is 8.65. The molecule has 6 heteroatoms. The molecule has 124 valence electrons. The Hall–Kier alpha value is -1.66. The van der Waals surface area contributed by atoms with Gasteiger partial charge in [0.15, 0.2) is 0 Å². The van der Waals surface area contributed by atoms with Crippen molar-refractivity contribution >= 4 is 0 Å². The minimum atomic E-state index is 0.333. The van der Waals surface area contributed by atoms with Crippen molar-refractivity contribution in [2.24, 2.45) is 5.92 Å². The highest BCUT2D eigenvalue weighted by Gasteiger charge is 2.27. The van der Waals surface area contributed by atoms with Crippen LogP contribution in [0.1, 0.15) is 42.9 Å². The van der Waals surface area contributed by atoms with Gasteiger partial charge < -0.3 is 9.30 Å². The van der Waals surface area contributed by atoms with E-state index in [-0.39, 0.29) is 0 Å². The van der Waals surface area contributed by atoms with Gasteiger partial charge in [0.25, 0.3) is 0 Å². The van der Waals surface area contributed by atoms with Crippen LogP contribution in [0.25, 0.3) is 0 Å². The Labute approximate surface area is 136 Å². The van der Waals surface area contributed by atoms with Crippen molar-refractivity contribution in [2.75, 3.05) is 19.8 Å². The Bertz CT molecular complexity index is 631. The molecule has 2 aliphatic rings. The summed E-state index contributed by atoms with van der Waals surface area (Å²) in [5.74, 6) is 2.02. The zero-order valence-corrected chi connectivity index (χ0v) is 13.7. The zero-order valence-electron chi connectivity index (χ0n) is 13.7. The molecule has 0 bridgehead atoms. The van der Waals surface area contributed by atoms with Gasteiger partial charge in [-0.05, 0) is 25.7 Å². The summed E-state index contributed by atoms with van der Waals surface area (Å²) >= 11 is 0. The lowest BCUT2D eigenvalue weighted by atomic mass is 10.2. The fourth-order valence-electron chi connectivity index (χ4n) is 3.33. The second-order valence-electron chi connectivity index (χ2n) is 6.78. The third-order valence-electron chi connectivity index (χ3n) is 4.99. The molecule has 0 spiro atoms. The van der Waals surface area contributed by atoms with Crippen LogP contribution in [0.4, 0.5) is 0 Å². The van der Waals surface area contributed by atoms with Crippen molar-refractivity contribution in [1.29, 1.82) is 0 Å². The number of H-pyrrole nitrogens is 1. The van der Waals surface area contributed by atoms with Gasteiger partial charge in [0, 0.05) is 56.3 Å². The van der Waals surface area contributed by atoms with E-state index in [9.17, 15) is 0 Å². The quantitative estimate of drug-likeness (QED) is 0.796. The maximum absolute atomic E-state index is 5.78. The van der Waals surface area contributed by atoms with E-state index in [1.807, 2.05) is 18.6 Å². The first-order valence-corrected chi connectivity index (χ1v) is 8.65. The van der Waals surface area contributed by atoms with Crippen LogP contribution in [0.15, 0.2) is 18.6 Å². The summed E-state index contributed by atoms with van der Waals surface area (Å²) in [6, 6.07) is 0.333. The van der Waals surface area contributed by atoms with E-state index < -0.39 is 0 Å². The van der Waals surface area contributed by atoms with Crippen LogP contribution in [0.2, 0.25) is 0 Å². The normalized spacial score (nSPS) is 21.5. The number of hydrogen-bond donors (Lipinski definition) is 1. The van der Waals surface area contributed by atoms with Gasteiger partial charge in [-0.15, -0.1) is 0 Å². The molecular formula is C17H25N5O. The van der Waals surface area contributed by atoms with Crippen molar-refractivity contribution in [1.82, 2.24) is 24.6 Å². The molecule has 1 N–H and O–H groups in total. The summed E-state index contributed by atoms with van der Waals surface area (Å²) in [7, 11) is 0. The number of fused-ring (bicyclic) bond motifs is 1. The lowest BCUT2D eigenvalue weighted by molar-refractivity contribution is 0.124. The molecule has 2 aromatic rings. The minimum absolute atomic E-state index is 0.333.